The molecular weight excluding hydrogens is 468 g/mol. The van der Waals surface area contributed by atoms with E-state index in [2.05, 4.69) is 5.32 Å². The monoisotopic (exact) mass is 496 g/mol. The summed E-state index contributed by atoms with van der Waals surface area (Å²) in [5.41, 5.74) is 1.37. The van der Waals surface area contributed by atoms with Crippen LogP contribution in [-0.4, -0.2) is 46.9 Å². The molecule has 7 nitrogen and oxygen atoms in total. The largest absolute Gasteiger partial charge is 0.325 e. The van der Waals surface area contributed by atoms with Gasteiger partial charge in [-0.2, -0.15) is 4.31 Å². The molecule has 1 aliphatic carbocycles. The van der Waals surface area contributed by atoms with E-state index in [1.54, 1.807) is 24.3 Å². The van der Waals surface area contributed by atoms with Gasteiger partial charge in [-0.1, -0.05) is 42.4 Å². The molecule has 2 heterocycles. The molecule has 0 spiro atoms. The van der Waals surface area contributed by atoms with Gasteiger partial charge in [0, 0.05) is 30.1 Å². The van der Waals surface area contributed by atoms with Gasteiger partial charge in [0.05, 0.1) is 15.7 Å². The van der Waals surface area contributed by atoms with Crippen LogP contribution in [0.15, 0.2) is 58.5 Å². The number of rotatable bonds is 7. The number of hydrogen-bond donors (Lipinski definition) is 1. The van der Waals surface area contributed by atoms with Crippen LogP contribution in [0.2, 0.25) is 0 Å². The van der Waals surface area contributed by atoms with E-state index in [0.29, 0.717) is 24.7 Å². The minimum absolute atomic E-state index is 0.201. The molecule has 2 aliphatic rings. The van der Waals surface area contributed by atoms with Crippen molar-refractivity contribution in [2.45, 2.75) is 60.1 Å². The highest BCUT2D eigenvalue weighted by molar-refractivity contribution is 8.00. The second kappa shape index (κ2) is 9.64. The van der Waals surface area contributed by atoms with Gasteiger partial charge in [0.25, 0.3) is 0 Å². The molecule has 0 bridgehead atoms. The molecule has 5 rings (SSSR count). The molecular formula is C25H28N4O3S2. The first-order valence-corrected chi connectivity index (χ1v) is 14.1. The summed E-state index contributed by atoms with van der Waals surface area (Å²) >= 11 is 1.40. The Balaban J connectivity index is 1.32. The first-order chi connectivity index (χ1) is 16.4. The number of carbonyl (C=O) groups is 1. The Kier molecular flexibility index (Phi) is 6.59. The summed E-state index contributed by atoms with van der Waals surface area (Å²) in [6.07, 6.45) is 5.03. The Morgan fingerprint density at radius 2 is 1.82 bits per heavy atom. The Labute approximate surface area is 204 Å². The summed E-state index contributed by atoms with van der Waals surface area (Å²) in [5.74, 6) is 1.07. The quantitative estimate of drug-likeness (QED) is 0.373. The summed E-state index contributed by atoms with van der Waals surface area (Å²) in [6, 6.07) is 14.4. The SMILES string of the molecule is CC(Sc1nc(C2CC2)nc2ccccc12)C(=O)Nc1cccc(S(=O)(=O)N2CCCCC2)c1. The summed E-state index contributed by atoms with van der Waals surface area (Å²) in [4.78, 5) is 22.7. The van der Waals surface area contributed by atoms with Crippen LogP contribution in [0.5, 0.6) is 0 Å². The van der Waals surface area contributed by atoms with Gasteiger partial charge >= 0.3 is 0 Å². The minimum atomic E-state index is -3.56. The van der Waals surface area contributed by atoms with E-state index in [-0.39, 0.29) is 10.8 Å². The highest BCUT2D eigenvalue weighted by Gasteiger charge is 2.29. The van der Waals surface area contributed by atoms with Crippen LogP contribution in [0.1, 0.15) is 50.8 Å². The fraction of sp³-hybridized carbons (Fsp3) is 0.400. The predicted octanol–water partition coefficient (Wildman–Crippen LogP) is 4.80. The number of piperidine rings is 1. The standard InChI is InChI=1S/C25H28N4O3S2/c1-17(33-25-21-10-3-4-11-22(21)27-23(28-25)18-12-13-18)24(30)26-19-8-7-9-20(16-19)34(31,32)29-14-5-2-6-15-29/h3-4,7-11,16-18H,2,5-6,12-15H2,1H3,(H,26,30). The van der Waals surface area contributed by atoms with Crippen molar-refractivity contribution in [3.05, 3.63) is 54.4 Å². The number of hydrogen-bond acceptors (Lipinski definition) is 6. The molecule has 2 aromatic carbocycles. The maximum Gasteiger partial charge on any atom is 0.243 e. The van der Waals surface area contributed by atoms with Crippen LogP contribution < -0.4 is 5.32 Å². The van der Waals surface area contributed by atoms with E-state index >= 15 is 0 Å². The minimum Gasteiger partial charge on any atom is -0.325 e. The Hall–Kier alpha value is -2.49. The van der Waals surface area contributed by atoms with Crippen LogP contribution in [0.3, 0.4) is 0 Å². The van der Waals surface area contributed by atoms with Crippen molar-refractivity contribution in [3.63, 3.8) is 0 Å². The van der Waals surface area contributed by atoms with Gasteiger partial charge in [-0.15, -0.1) is 0 Å². The normalized spacial score (nSPS) is 18.0. The number of amides is 1. The average molecular weight is 497 g/mol. The zero-order valence-electron chi connectivity index (χ0n) is 19.1. The molecule has 2 fully saturated rings. The summed E-state index contributed by atoms with van der Waals surface area (Å²) in [7, 11) is -3.56. The highest BCUT2D eigenvalue weighted by atomic mass is 32.2. The highest BCUT2D eigenvalue weighted by Crippen LogP contribution is 2.40. The van der Waals surface area contributed by atoms with Crippen LogP contribution in [0.25, 0.3) is 10.9 Å². The number of thioether (sulfide) groups is 1. The third-order valence-corrected chi connectivity index (χ3v) is 9.24. The lowest BCUT2D eigenvalue weighted by Crippen LogP contribution is -2.35. The lowest BCUT2D eigenvalue weighted by atomic mass is 10.2. The van der Waals surface area contributed by atoms with Gasteiger partial charge in [0.2, 0.25) is 15.9 Å². The summed E-state index contributed by atoms with van der Waals surface area (Å²) in [5, 5.41) is 4.20. The number of nitrogens with zero attached hydrogens (tertiary/aromatic N) is 3. The molecule has 1 saturated heterocycles. The lowest BCUT2D eigenvalue weighted by molar-refractivity contribution is -0.115. The molecule has 9 heteroatoms. The molecule has 1 N–H and O–H groups in total. The van der Waals surface area contributed by atoms with Crippen LogP contribution in [0, 0.1) is 0 Å². The summed E-state index contributed by atoms with van der Waals surface area (Å²) in [6.45, 7) is 2.92. The maximum atomic E-state index is 13.0. The van der Waals surface area contributed by atoms with Gasteiger partial charge in [-0.3, -0.25) is 4.79 Å². The van der Waals surface area contributed by atoms with E-state index in [4.69, 9.17) is 9.97 Å². The molecule has 1 atom stereocenters. The molecule has 1 saturated carbocycles. The fourth-order valence-electron chi connectivity index (χ4n) is 4.13. The van der Waals surface area contributed by atoms with Gasteiger partial charge in [-0.05, 0) is 56.9 Å². The Morgan fingerprint density at radius 3 is 2.59 bits per heavy atom. The van der Waals surface area contributed by atoms with Crippen LogP contribution >= 0.6 is 11.8 Å². The number of fused-ring (bicyclic) bond motifs is 1. The molecule has 1 aromatic heterocycles. The topological polar surface area (TPSA) is 92.3 Å². The van der Waals surface area contributed by atoms with Gasteiger partial charge in [0.15, 0.2) is 0 Å². The zero-order chi connectivity index (χ0) is 23.7. The number of benzene rings is 2. The van der Waals surface area contributed by atoms with Gasteiger partial charge in [0.1, 0.15) is 10.9 Å². The molecule has 3 aromatic rings. The number of anilines is 1. The van der Waals surface area contributed by atoms with Crippen molar-refractivity contribution >= 4 is 44.3 Å². The van der Waals surface area contributed by atoms with Gasteiger partial charge in [-0.25, -0.2) is 18.4 Å². The number of para-hydroxylation sites is 1. The average Bonchev–Trinajstić information content (AvgIpc) is 3.70. The van der Waals surface area contributed by atoms with Crippen LogP contribution in [-0.2, 0) is 14.8 Å². The lowest BCUT2D eigenvalue weighted by Gasteiger charge is -2.26. The molecule has 1 aliphatic heterocycles. The number of nitrogens with one attached hydrogen (secondary N) is 1. The fourth-order valence-corrected chi connectivity index (χ4v) is 6.64. The molecule has 1 amide bonds. The third kappa shape index (κ3) is 4.96. The smallest absolute Gasteiger partial charge is 0.243 e. The Morgan fingerprint density at radius 1 is 1.06 bits per heavy atom. The third-order valence-electron chi connectivity index (χ3n) is 6.24. The number of carbonyl (C=O) groups excluding carboxylic acids is 1. The molecule has 178 valence electrons. The van der Waals surface area contributed by atoms with E-state index < -0.39 is 15.3 Å². The second-order valence-electron chi connectivity index (χ2n) is 8.92. The predicted molar refractivity (Wildman–Crippen MR) is 135 cm³/mol. The first-order valence-electron chi connectivity index (χ1n) is 11.8. The van der Waals surface area contributed by atoms with Crippen molar-refractivity contribution in [1.29, 1.82) is 0 Å². The van der Waals surface area contributed by atoms with Crippen molar-refractivity contribution in [1.82, 2.24) is 14.3 Å². The number of aromatic nitrogens is 2. The van der Waals surface area contributed by atoms with E-state index in [1.807, 2.05) is 31.2 Å². The van der Waals surface area contributed by atoms with E-state index in [0.717, 1.165) is 53.9 Å². The number of sulfonamides is 1. The van der Waals surface area contributed by atoms with E-state index in [1.165, 1.54) is 16.1 Å². The summed E-state index contributed by atoms with van der Waals surface area (Å²) < 4.78 is 27.6. The molecule has 34 heavy (non-hydrogen) atoms. The van der Waals surface area contributed by atoms with Gasteiger partial charge < -0.3 is 5.32 Å². The van der Waals surface area contributed by atoms with Crippen molar-refractivity contribution in [2.75, 3.05) is 18.4 Å². The van der Waals surface area contributed by atoms with Crippen molar-refractivity contribution in [2.24, 2.45) is 0 Å². The van der Waals surface area contributed by atoms with Crippen molar-refractivity contribution < 1.29 is 13.2 Å². The van der Waals surface area contributed by atoms with E-state index in [9.17, 15) is 13.2 Å². The first kappa shape index (κ1) is 23.3. The second-order valence-corrected chi connectivity index (χ2v) is 12.2. The maximum absolute atomic E-state index is 13.0. The molecule has 1 unspecified atom stereocenters. The van der Waals surface area contributed by atoms with Crippen LogP contribution in [0.4, 0.5) is 5.69 Å². The molecule has 0 radical (unpaired) electrons. The Bertz CT molecular complexity index is 1320. The van der Waals surface area contributed by atoms with Crippen molar-refractivity contribution in [3.8, 4) is 0 Å². The zero-order valence-corrected chi connectivity index (χ0v) is 20.7.